The summed E-state index contributed by atoms with van der Waals surface area (Å²) in [5, 5.41) is 11.0. The highest BCUT2D eigenvalue weighted by Gasteiger charge is 2.24. The molecule has 2 saturated heterocycles. The first-order valence-corrected chi connectivity index (χ1v) is 10.2. The van der Waals surface area contributed by atoms with E-state index < -0.39 is 0 Å². The predicted molar refractivity (Wildman–Crippen MR) is 114 cm³/mol. The minimum atomic E-state index is -0.216. The molecule has 2 fully saturated rings. The molecule has 0 radical (unpaired) electrons. The third kappa shape index (κ3) is 5.08. The first-order valence-electron chi connectivity index (χ1n) is 10.2. The summed E-state index contributed by atoms with van der Waals surface area (Å²) in [5.74, 6) is -0.336. The fraction of sp³-hybridized carbons (Fsp3) is 0.524. The number of halogens is 2. The average Bonchev–Trinajstić information content (AvgIpc) is 3.19. The number of aromatic nitrogens is 2. The number of anilines is 1. The number of hydrogen-bond donors (Lipinski definition) is 2. The number of aryl methyl sites for hydroxylation is 1. The third-order valence-electron chi connectivity index (χ3n) is 5.74. The largest absolute Gasteiger partial charge is 0.369 e. The van der Waals surface area contributed by atoms with Gasteiger partial charge in [0.25, 0.3) is 5.91 Å². The summed E-state index contributed by atoms with van der Waals surface area (Å²) >= 11 is 0. The van der Waals surface area contributed by atoms with E-state index in [9.17, 15) is 9.18 Å². The smallest absolute Gasteiger partial charge is 0.272 e. The number of amides is 1. The van der Waals surface area contributed by atoms with Crippen LogP contribution in [0.4, 0.5) is 10.1 Å². The van der Waals surface area contributed by atoms with Crippen LogP contribution in [-0.2, 0) is 0 Å². The van der Waals surface area contributed by atoms with E-state index >= 15 is 0 Å². The van der Waals surface area contributed by atoms with E-state index in [-0.39, 0.29) is 30.2 Å². The van der Waals surface area contributed by atoms with Gasteiger partial charge in [-0.15, -0.1) is 12.4 Å². The van der Waals surface area contributed by atoms with Crippen LogP contribution in [0.2, 0.25) is 0 Å². The van der Waals surface area contributed by atoms with Gasteiger partial charge in [0.05, 0.1) is 6.04 Å². The lowest BCUT2D eigenvalue weighted by Gasteiger charge is -2.35. The number of benzene rings is 1. The molecule has 1 amide bonds. The highest BCUT2D eigenvalue weighted by atomic mass is 35.5. The predicted octanol–water partition coefficient (Wildman–Crippen LogP) is 3.08. The van der Waals surface area contributed by atoms with Crippen molar-refractivity contribution in [1.29, 1.82) is 0 Å². The van der Waals surface area contributed by atoms with Crippen molar-refractivity contribution in [2.45, 2.75) is 44.7 Å². The molecule has 1 aromatic carbocycles. The normalized spacial score (nSPS) is 22.1. The molecule has 2 N–H and O–H groups in total. The quantitative estimate of drug-likeness (QED) is 0.796. The lowest BCUT2D eigenvalue weighted by Crippen LogP contribution is -2.48. The van der Waals surface area contributed by atoms with Crippen molar-refractivity contribution in [3.8, 4) is 0 Å². The van der Waals surface area contributed by atoms with Crippen molar-refractivity contribution in [3.63, 3.8) is 0 Å². The van der Waals surface area contributed by atoms with Gasteiger partial charge in [0.2, 0.25) is 0 Å². The van der Waals surface area contributed by atoms with Crippen LogP contribution >= 0.6 is 12.4 Å². The standard InChI is InChI=1S/C21H28FN5O.ClH/c1-15-12-16(22)6-7-20(15)26-10-3-4-17(14-26)24-21(28)19-8-11-27(25-19)18-5-2-9-23-13-18;/h6-8,11-12,17-18,23H,2-5,9-10,13-14H2,1H3,(H,24,28);1H. The van der Waals surface area contributed by atoms with Crippen molar-refractivity contribution in [2.75, 3.05) is 31.1 Å². The summed E-state index contributed by atoms with van der Waals surface area (Å²) in [6.07, 6.45) is 6.05. The molecule has 6 nitrogen and oxygen atoms in total. The molecule has 0 aliphatic carbocycles. The van der Waals surface area contributed by atoms with Gasteiger partial charge in [-0.05, 0) is 69.0 Å². The Morgan fingerprint density at radius 1 is 1.28 bits per heavy atom. The Labute approximate surface area is 177 Å². The summed E-state index contributed by atoms with van der Waals surface area (Å²) in [4.78, 5) is 14.9. The number of hydrogen-bond acceptors (Lipinski definition) is 4. The fourth-order valence-corrected chi connectivity index (χ4v) is 4.27. The number of nitrogens with one attached hydrogen (secondary N) is 2. The molecule has 2 aliphatic rings. The van der Waals surface area contributed by atoms with E-state index in [1.54, 1.807) is 12.1 Å². The number of nitrogens with zero attached hydrogens (tertiary/aromatic N) is 3. The van der Waals surface area contributed by atoms with Crippen LogP contribution in [0.3, 0.4) is 0 Å². The van der Waals surface area contributed by atoms with Gasteiger partial charge in [0.15, 0.2) is 0 Å². The van der Waals surface area contributed by atoms with E-state index in [1.807, 2.05) is 23.9 Å². The summed E-state index contributed by atoms with van der Waals surface area (Å²) in [5.41, 5.74) is 2.43. The molecule has 0 bridgehead atoms. The van der Waals surface area contributed by atoms with Crippen LogP contribution in [0.1, 0.15) is 47.8 Å². The van der Waals surface area contributed by atoms with Gasteiger partial charge in [-0.25, -0.2) is 4.39 Å². The Balaban J connectivity index is 0.00000240. The minimum absolute atomic E-state index is 0. The Morgan fingerprint density at radius 2 is 2.14 bits per heavy atom. The van der Waals surface area contributed by atoms with Gasteiger partial charge >= 0.3 is 0 Å². The summed E-state index contributed by atoms with van der Waals surface area (Å²) in [6.45, 7) is 5.52. The molecular formula is C21H29ClFN5O. The van der Waals surface area contributed by atoms with Gasteiger partial charge in [-0.3, -0.25) is 9.48 Å². The van der Waals surface area contributed by atoms with Gasteiger partial charge in [0.1, 0.15) is 11.5 Å². The molecule has 2 aromatic rings. The molecule has 2 atom stereocenters. The summed E-state index contributed by atoms with van der Waals surface area (Å²) < 4.78 is 15.3. The number of piperidine rings is 2. The maximum absolute atomic E-state index is 13.4. The second-order valence-corrected chi connectivity index (χ2v) is 7.87. The first kappa shape index (κ1) is 21.6. The first-order chi connectivity index (χ1) is 13.6. The minimum Gasteiger partial charge on any atom is -0.369 e. The summed E-state index contributed by atoms with van der Waals surface area (Å²) in [6, 6.07) is 7.07. The fourth-order valence-electron chi connectivity index (χ4n) is 4.27. The maximum Gasteiger partial charge on any atom is 0.272 e. The second-order valence-electron chi connectivity index (χ2n) is 7.87. The topological polar surface area (TPSA) is 62.2 Å². The van der Waals surface area contributed by atoms with Crippen LogP contribution in [0.25, 0.3) is 0 Å². The molecule has 8 heteroatoms. The molecule has 0 saturated carbocycles. The lowest BCUT2D eigenvalue weighted by molar-refractivity contribution is 0.0926. The highest BCUT2D eigenvalue weighted by molar-refractivity contribution is 5.92. The van der Waals surface area contributed by atoms with Crippen LogP contribution in [0.15, 0.2) is 30.5 Å². The van der Waals surface area contributed by atoms with Crippen LogP contribution in [-0.4, -0.2) is 47.9 Å². The van der Waals surface area contributed by atoms with E-state index in [4.69, 9.17) is 0 Å². The molecule has 2 aliphatic heterocycles. The Bertz CT molecular complexity index is 836. The van der Waals surface area contributed by atoms with Gasteiger partial charge in [0, 0.05) is 37.6 Å². The maximum atomic E-state index is 13.4. The molecule has 3 heterocycles. The zero-order valence-electron chi connectivity index (χ0n) is 16.7. The number of rotatable bonds is 4. The lowest BCUT2D eigenvalue weighted by atomic mass is 10.0. The van der Waals surface area contributed by atoms with Crippen molar-refractivity contribution in [3.05, 3.63) is 47.5 Å². The van der Waals surface area contributed by atoms with Crippen LogP contribution in [0, 0.1) is 12.7 Å². The number of carbonyl (C=O) groups excluding carboxylic acids is 1. The van der Waals surface area contributed by atoms with E-state index in [2.05, 4.69) is 20.6 Å². The van der Waals surface area contributed by atoms with Crippen molar-refractivity contribution < 1.29 is 9.18 Å². The van der Waals surface area contributed by atoms with Crippen molar-refractivity contribution in [2.24, 2.45) is 0 Å². The van der Waals surface area contributed by atoms with Crippen LogP contribution in [0.5, 0.6) is 0 Å². The molecule has 4 rings (SSSR count). The Morgan fingerprint density at radius 3 is 2.90 bits per heavy atom. The molecule has 2 unspecified atom stereocenters. The zero-order chi connectivity index (χ0) is 19.5. The monoisotopic (exact) mass is 421 g/mol. The van der Waals surface area contributed by atoms with E-state index in [1.165, 1.54) is 6.07 Å². The molecule has 0 spiro atoms. The van der Waals surface area contributed by atoms with Gasteiger partial charge in [-0.1, -0.05) is 0 Å². The van der Waals surface area contributed by atoms with E-state index in [0.29, 0.717) is 11.7 Å². The number of carbonyl (C=O) groups is 1. The highest BCUT2D eigenvalue weighted by Crippen LogP contribution is 2.24. The average molecular weight is 422 g/mol. The Kier molecular flexibility index (Phi) is 7.14. The summed E-state index contributed by atoms with van der Waals surface area (Å²) in [7, 11) is 0. The third-order valence-corrected chi connectivity index (χ3v) is 5.74. The molecule has 1 aromatic heterocycles. The van der Waals surface area contributed by atoms with E-state index in [0.717, 1.165) is 63.1 Å². The second kappa shape index (κ2) is 9.59. The molecule has 158 valence electrons. The molecular weight excluding hydrogens is 393 g/mol. The van der Waals surface area contributed by atoms with Crippen LogP contribution < -0.4 is 15.5 Å². The Hall–Kier alpha value is -2.12. The SMILES string of the molecule is Cc1cc(F)ccc1N1CCCC(NC(=O)c2ccn(C3CCCNC3)n2)C1.Cl. The zero-order valence-corrected chi connectivity index (χ0v) is 17.6. The van der Waals surface area contributed by atoms with Gasteiger partial charge in [-0.2, -0.15) is 5.10 Å². The van der Waals surface area contributed by atoms with Gasteiger partial charge < -0.3 is 15.5 Å². The molecule has 29 heavy (non-hydrogen) atoms. The van der Waals surface area contributed by atoms with Crippen molar-refractivity contribution >= 4 is 24.0 Å². The van der Waals surface area contributed by atoms with Crippen molar-refractivity contribution in [1.82, 2.24) is 20.4 Å².